The summed E-state index contributed by atoms with van der Waals surface area (Å²) in [5, 5.41) is 0.800. The van der Waals surface area contributed by atoms with Crippen molar-refractivity contribution in [2.45, 2.75) is 13.8 Å². The first-order valence-corrected chi connectivity index (χ1v) is 8.50. The molecule has 0 aliphatic rings. The van der Waals surface area contributed by atoms with Crippen LogP contribution in [0.25, 0.3) is 17.0 Å². The van der Waals surface area contributed by atoms with Gasteiger partial charge in [-0.1, -0.05) is 33.1 Å². The summed E-state index contributed by atoms with van der Waals surface area (Å²) in [6, 6.07) is 7.03. The van der Waals surface area contributed by atoms with Gasteiger partial charge in [0.1, 0.15) is 11.5 Å². The largest absolute Gasteiger partial charge is 0.497 e. The number of rotatable bonds is 7. The van der Waals surface area contributed by atoms with Crippen molar-refractivity contribution in [2.75, 3.05) is 14.2 Å². The Morgan fingerprint density at radius 3 is 2.37 bits per heavy atom. The number of benzene rings is 1. The molecule has 0 bridgehead atoms. The van der Waals surface area contributed by atoms with Crippen molar-refractivity contribution in [3.63, 3.8) is 0 Å². The fourth-order valence-corrected chi connectivity index (χ4v) is 2.33. The Balaban J connectivity index is 0.00000176. The quantitative estimate of drug-likeness (QED) is 0.447. The first kappa shape index (κ1) is 21.7. The van der Waals surface area contributed by atoms with Crippen molar-refractivity contribution in [1.82, 2.24) is 4.98 Å². The van der Waals surface area contributed by atoms with Gasteiger partial charge in [0.15, 0.2) is 5.78 Å². The molecule has 142 valence electrons. The number of aromatic nitrogens is 1. The van der Waals surface area contributed by atoms with Gasteiger partial charge in [-0.05, 0) is 42.5 Å². The molecular formula is C22H25NO4. The van der Waals surface area contributed by atoms with E-state index in [9.17, 15) is 9.59 Å². The molecule has 0 radical (unpaired) electrons. The molecule has 0 atom stereocenters. The van der Waals surface area contributed by atoms with Crippen molar-refractivity contribution in [2.24, 2.45) is 0 Å². The number of allylic oxidation sites excluding steroid dienone is 4. The maximum absolute atomic E-state index is 12.3. The summed E-state index contributed by atoms with van der Waals surface area (Å²) in [5.74, 6) is 0.664. The highest BCUT2D eigenvalue weighted by molar-refractivity contribution is 6.08. The fraction of sp³-hybridized carbons (Fsp3) is 0.182. The van der Waals surface area contributed by atoms with Crippen LogP contribution in [0.2, 0.25) is 0 Å². The van der Waals surface area contributed by atoms with E-state index in [4.69, 9.17) is 9.47 Å². The van der Waals surface area contributed by atoms with Crippen molar-refractivity contribution in [3.8, 4) is 5.75 Å². The zero-order valence-electron chi connectivity index (χ0n) is 16.2. The SMILES string of the molecule is C=C/C(OC)=C(\C=C)C(=O)/C=C/c1cc2cc(OC)ccc2[nH]c1=O.CC. The second kappa shape index (κ2) is 10.6. The molecule has 1 heterocycles. The molecule has 0 spiro atoms. The number of aromatic amines is 1. The highest BCUT2D eigenvalue weighted by Gasteiger charge is 2.09. The number of H-pyrrole nitrogens is 1. The van der Waals surface area contributed by atoms with E-state index in [1.807, 2.05) is 13.8 Å². The van der Waals surface area contributed by atoms with Crippen LogP contribution in [0.5, 0.6) is 5.75 Å². The van der Waals surface area contributed by atoms with E-state index >= 15 is 0 Å². The maximum atomic E-state index is 12.3. The molecule has 0 aliphatic heterocycles. The number of ketones is 1. The minimum absolute atomic E-state index is 0.271. The number of nitrogens with one attached hydrogen (secondary N) is 1. The Morgan fingerprint density at radius 1 is 1.11 bits per heavy atom. The van der Waals surface area contributed by atoms with Crippen LogP contribution in [-0.2, 0) is 9.53 Å². The Labute approximate surface area is 159 Å². The second-order valence-electron chi connectivity index (χ2n) is 5.09. The molecule has 1 aromatic heterocycles. The molecule has 0 unspecified atom stereocenters. The average Bonchev–Trinajstić information content (AvgIpc) is 2.71. The summed E-state index contributed by atoms with van der Waals surface area (Å²) in [6.07, 6.45) is 5.58. The van der Waals surface area contributed by atoms with Crippen LogP contribution in [0.15, 0.2) is 71.8 Å². The Morgan fingerprint density at radius 2 is 1.81 bits per heavy atom. The molecule has 0 amide bonds. The molecule has 0 aliphatic carbocycles. The second-order valence-corrected chi connectivity index (χ2v) is 5.09. The standard InChI is InChI=1S/C20H19NO4.C2H6/c1-5-16(19(6-2)25-4)18(22)10-7-13-11-14-12-15(24-3)8-9-17(14)21-20(13)23;1-2/h5-12H,1-2H2,3-4H3,(H,21,23);1-2H3/b10-7+,19-16-;. The summed E-state index contributed by atoms with van der Waals surface area (Å²) >= 11 is 0. The average molecular weight is 367 g/mol. The van der Waals surface area contributed by atoms with Gasteiger partial charge in [0.25, 0.3) is 5.56 Å². The molecule has 0 fully saturated rings. The third kappa shape index (κ3) is 5.31. The summed E-state index contributed by atoms with van der Waals surface area (Å²) in [5.41, 5.74) is 1.03. The smallest absolute Gasteiger partial charge is 0.255 e. The number of hydrogen-bond donors (Lipinski definition) is 1. The Bertz CT molecular complexity index is 948. The molecule has 1 aromatic carbocycles. The fourth-order valence-electron chi connectivity index (χ4n) is 2.33. The number of fused-ring (bicyclic) bond motifs is 1. The van der Waals surface area contributed by atoms with E-state index in [0.717, 1.165) is 5.39 Å². The molecule has 0 saturated heterocycles. The number of methoxy groups -OCH3 is 2. The van der Waals surface area contributed by atoms with E-state index in [2.05, 4.69) is 18.1 Å². The van der Waals surface area contributed by atoms with Crippen LogP contribution < -0.4 is 10.3 Å². The Hall–Kier alpha value is -3.34. The number of pyridine rings is 1. The molecule has 27 heavy (non-hydrogen) atoms. The van der Waals surface area contributed by atoms with Crippen LogP contribution in [-0.4, -0.2) is 25.0 Å². The first-order chi connectivity index (χ1) is 13.0. The van der Waals surface area contributed by atoms with Gasteiger partial charge in [0.2, 0.25) is 0 Å². The van der Waals surface area contributed by atoms with E-state index < -0.39 is 0 Å². The maximum Gasteiger partial charge on any atom is 0.255 e. The van der Waals surface area contributed by atoms with E-state index in [0.29, 0.717) is 22.6 Å². The Kier molecular flexibility index (Phi) is 8.53. The number of carbonyl (C=O) groups excluding carboxylic acids is 1. The van der Waals surface area contributed by atoms with Crippen LogP contribution in [0.1, 0.15) is 19.4 Å². The lowest BCUT2D eigenvalue weighted by Crippen LogP contribution is -2.09. The van der Waals surface area contributed by atoms with Gasteiger partial charge in [-0.3, -0.25) is 9.59 Å². The van der Waals surface area contributed by atoms with Crippen molar-refractivity contribution < 1.29 is 14.3 Å². The van der Waals surface area contributed by atoms with Gasteiger partial charge in [-0.25, -0.2) is 0 Å². The molecule has 2 rings (SSSR count). The van der Waals surface area contributed by atoms with E-state index in [1.54, 1.807) is 31.4 Å². The zero-order valence-corrected chi connectivity index (χ0v) is 16.2. The third-order valence-corrected chi connectivity index (χ3v) is 3.63. The number of ether oxygens (including phenoxy) is 2. The predicted molar refractivity (Wildman–Crippen MR) is 111 cm³/mol. The lowest BCUT2D eigenvalue weighted by atomic mass is 10.1. The highest BCUT2D eigenvalue weighted by atomic mass is 16.5. The highest BCUT2D eigenvalue weighted by Crippen LogP contribution is 2.19. The molecule has 5 nitrogen and oxygen atoms in total. The van der Waals surface area contributed by atoms with E-state index in [-0.39, 0.29) is 16.9 Å². The normalized spacial score (nSPS) is 11.3. The van der Waals surface area contributed by atoms with Gasteiger partial charge in [0.05, 0.1) is 19.8 Å². The van der Waals surface area contributed by atoms with Crippen molar-refractivity contribution in [1.29, 1.82) is 0 Å². The van der Waals surface area contributed by atoms with Gasteiger partial charge < -0.3 is 14.5 Å². The minimum atomic E-state index is -0.336. The number of carbonyl (C=O) groups is 1. The van der Waals surface area contributed by atoms with Crippen LogP contribution >= 0.6 is 0 Å². The third-order valence-electron chi connectivity index (χ3n) is 3.63. The molecular weight excluding hydrogens is 342 g/mol. The molecule has 5 heteroatoms. The van der Waals surface area contributed by atoms with Gasteiger partial charge in [0, 0.05) is 16.5 Å². The predicted octanol–water partition coefficient (Wildman–Crippen LogP) is 4.42. The monoisotopic (exact) mass is 367 g/mol. The number of hydrogen-bond acceptors (Lipinski definition) is 4. The lowest BCUT2D eigenvalue weighted by Gasteiger charge is -2.05. The topological polar surface area (TPSA) is 68.4 Å². The van der Waals surface area contributed by atoms with Crippen molar-refractivity contribution in [3.05, 3.63) is 82.9 Å². The van der Waals surface area contributed by atoms with Gasteiger partial charge >= 0.3 is 0 Å². The molecule has 0 saturated carbocycles. The summed E-state index contributed by atoms with van der Waals surface area (Å²) < 4.78 is 10.3. The van der Waals surface area contributed by atoms with Gasteiger partial charge in [-0.15, -0.1) is 0 Å². The van der Waals surface area contributed by atoms with Crippen molar-refractivity contribution >= 4 is 22.8 Å². The van der Waals surface area contributed by atoms with Gasteiger partial charge in [-0.2, -0.15) is 0 Å². The molecule has 1 N–H and O–H groups in total. The first-order valence-electron chi connectivity index (χ1n) is 8.50. The minimum Gasteiger partial charge on any atom is -0.497 e. The summed E-state index contributed by atoms with van der Waals surface area (Å²) in [7, 11) is 3.02. The molecule has 2 aromatic rings. The van der Waals surface area contributed by atoms with E-state index in [1.165, 1.54) is 31.4 Å². The van der Waals surface area contributed by atoms with Crippen LogP contribution in [0.3, 0.4) is 0 Å². The summed E-state index contributed by atoms with van der Waals surface area (Å²) in [4.78, 5) is 27.2. The van der Waals surface area contributed by atoms with Crippen LogP contribution in [0.4, 0.5) is 0 Å². The summed E-state index contributed by atoms with van der Waals surface area (Å²) in [6.45, 7) is 11.2. The zero-order chi connectivity index (χ0) is 20.4. The lowest BCUT2D eigenvalue weighted by molar-refractivity contribution is -0.111. The van der Waals surface area contributed by atoms with Crippen LogP contribution in [0, 0.1) is 0 Å².